The van der Waals surface area contributed by atoms with Crippen LogP contribution < -0.4 is 20.5 Å². The Kier molecular flexibility index (Phi) is 3.46. The van der Waals surface area contributed by atoms with Crippen LogP contribution in [0.1, 0.15) is 0 Å². The van der Waals surface area contributed by atoms with E-state index in [2.05, 4.69) is 27.3 Å². The van der Waals surface area contributed by atoms with Crippen LogP contribution in [0.2, 0.25) is 0 Å². The molecule has 1 N–H and O–H groups in total. The average Bonchev–Trinajstić information content (AvgIpc) is 2.39. The van der Waals surface area contributed by atoms with E-state index in [9.17, 15) is 0 Å². The molecule has 88 valence electrons. The van der Waals surface area contributed by atoms with Crippen LogP contribution in [0.25, 0.3) is 0 Å². The van der Waals surface area contributed by atoms with Gasteiger partial charge in [0.1, 0.15) is 7.11 Å². The Balaban J connectivity index is 2.28. The molecule has 2 rings (SSSR count). The summed E-state index contributed by atoms with van der Waals surface area (Å²) in [7, 11) is 3.41. The third kappa shape index (κ3) is 2.19. The van der Waals surface area contributed by atoms with Gasteiger partial charge in [0.15, 0.2) is 5.49 Å². The summed E-state index contributed by atoms with van der Waals surface area (Å²) in [5.74, 6) is 0. The van der Waals surface area contributed by atoms with Crippen LogP contribution in [-0.4, -0.2) is 45.1 Å². The van der Waals surface area contributed by atoms with Crippen molar-refractivity contribution < 1.29 is 4.84 Å². The summed E-state index contributed by atoms with van der Waals surface area (Å²) in [5, 5.41) is 3.34. The van der Waals surface area contributed by atoms with Crippen LogP contribution in [0.4, 0.5) is 5.69 Å². The van der Waals surface area contributed by atoms with Crippen LogP contribution >= 0.6 is 0 Å². The van der Waals surface area contributed by atoms with Gasteiger partial charge in [0.25, 0.3) is 0 Å². The Hall–Kier alpha value is -1.49. The summed E-state index contributed by atoms with van der Waals surface area (Å²) >= 11 is 0. The molecular formula is C11H18N4O. The zero-order valence-electron chi connectivity index (χ0n) is 9.81. The van der Waals surface area contributed by atoms with E-state index in [4.69, 9.17) is 4.84 Å². The normalized spacial score (nSPS) is 17.6. The third-order valence-electron chi connectivity index (χ3n) is 2.79. The molecule has 0 aromatic carbocycles. The van der Waals surface area contributed by atoms with E-state index in [-0.39, 0.29) is 0 Å². The second kappa shape index (κ2) is 5.03. The van der Waals surface area contributed by atoms with Crippen molar-refractivity contribution >= 4 is 5.69 Å². The Morgan fingerprint density at radius 2 is 2.12 bits per heavy atom. The van der Waals surface area contributed by atoms with Gasteiger partial charge < -0.3 is 15.1 Å². The van der Waals surface area contributed by atoms with Crippen LogP contribution in [0, 0.1) is 0 Å². The highest BCUT2D eigenvalue weighted by molar-refractivity contribution is 5.45. The largest absolute Gasteiger partial charge is 0.416 e. The van der Waals surface area contributed by atoms with E-state index >= 15 is 0 Å². The Morgan fingerprint density at radius 1 is 1.38 bits per heavy atom. The molecule has 5 heteroatoms. The predicted molar refractivity (Wildman–Crippen MR) is 63.5 cm³/mol. The van der Waals surface area contributed by atoms with Crippen molar-refractivity contribution in [1.82, 2.24) is 10.0 Å². The van der Waals surface area contributed by atoms with E-state index in [1.54, 1.807) is 18.9 Å². The molecule has 1 aliphatic heterocycles. The first kappa shape index (κ1) is 11.0. The molecular weight excluding hydrogens is 204 g/mol. The van der Waals surface area contributed by atoms with E-state index in [1.165, 1.54) is 5.69 Å². The Labute approximate surface area is 95.3 Å². The monoisotopic (exact) mass is 222 g/mol. The number of hydrogen-bond acceptors (Lipinski definition) is 4. The van der Waals surface area contributed by atoms with Crippen molar-refractivity contribution in [1.29, 1.82) is 0 Å². The maximum Gasteiger partial charge on any atom is 0.165 e. The summed E-state index contributed by atoms with van der Waals surface area (Å²) in [6.07, 6.45) is 1.90. The molecule has 0 aliphatic carbocycles. The molecule has 1 aromatic heterocycles. The highest BCUT2D eigenvalue weighted by atomic mass is 16.6. The summed E-state index contributed by atoms with van der Waals surface area (Å²) in [5.41, 5.74) is 2.04. The van der Waals surface area contributed by atoms with Crippen molar-refractivity contribution in [2.75, 3.05) is 45.2 Å². The fourth-order valence-electron chi connectivity index (χ4n) is 1.90. The molecule has 1 fully saturated rings. The third-order valence-corrected chi connectivity index (χ3v) is 2.79. The molecule has 1 aromatic rings. The van der Waals surface area contributed by atoms with Crippen molar-refractivity contribution in [2.45, 2.75) is 0 Å². The van der Waals surface area contributed by atoms with Gasteiger partial charge >= 0.3 is 0 Å². The second-order valence-electron chi connectivity index (χ2n) is 3.71. The van der Waals surface area contributed by atoms with Gasteiger partial charge in [0.05, 0.1) is 0 Å². The number of nitrogens with zero attached hydrogens (tertiary/aromatic N) is 3. The van der Waals surface area contributed by atoms with E-state index in [0.717, 1.165) is 31.7 Å². The van der Waals surface area contributed by atoms with Gasteiger partial charge in [0, 0.05) is 51.2 Å². The highest BCUT2D eigenvalue weighted by Crippen LogP contribution is 2.10. The summed E-state index contributed by atoms with van der Waals surface area (Å²) in [6, 6.07) is 4.11. The minimum atomic E-state index is 0.832. The van der Waals surface area contributed by atoms with E-state index in [0.29, 0.717) is 0 Å². The first-order chi connectivity index (χ1) is 7.85. The van der Waals surface area contributed by atoms with E-state index < -0.39 is 0 Å². The summed E-state index contributed by atoms with van der Waals surface area (Å²) in [6.45, 7) is 4.16. The van der Waals surface area contributed by atoms with Crippen molar-refractivity contribution in [3.63, 3.8) is 0 Å². The molecule has 0 unspecified atom stereocenters. The van der Waals surface area contributed by atoms with Crippen LogP contribution in [0.15, 0.2) is 23.3 Å². The first-order valence-corrected chi connectivity index (χ1v) is 5.51. The molecule has 0 atom stereocenters. The SMILES string of the molecule is C/N=c1/cc(N2CCNCC2)ccn1OC. The molecule has 2 heterocycles. The predicted octanol–water partition coefficient (Wildman–Crippen LogP) is -0.513. The summed E-state index contributed by atoms with van der Waals surface area (Å²) in [4.78, 5) is 11.7. The quantitative estimate of drug-likeness (QED) is 0.732. The standard InChI is InChI=1S/C11H18N4O/c1-12-11-9-10(3-6-15(11)16-2)14-7-4-13-5-8-14/h3,6,9,13H,4-5,7-8H2,1-2H3/b12-11-. The molecule has 5 nitrogen and oxygen atoms in total. The molecule has 0 amide bonds. The van der Waals surface area contributed by atoms with Gasteiger partial charge in [-0.15, -0.1) is 0 Å². The number of nitrogens with one attached hydrogen (secondary N) is 1. The first-order valence-electron chi connectivity index (χ1n) is 5.51. The number of anilines is 1. The number of pyridine rings is 1. The second-order valence-corrected chi connectivity index (χ2v) is 3.71. The lowest BCUT2D eigenvalue weighted by Gasteiger charge is -2.29. The zero-order chi connectivity index (χ0) is 11.4. The van der Waals surface area contributed by atoms with Crippen molar-refractivity contribution in [3.8, 4) is 0 Å². The number of piperazine rings is 1. The fourth-order valence-corrected chi connectivity index (χ4v) is 1.90. The fraction of sp³-hybridized carbons (Fsp3) is 0.545. The van der Waals surface area contributed by atoms with Gasteiger partial charge in [0.2, 0.25) is 0 Å². The molecule has 1 aliphatic rings. The lowest BCUT2D eigenvalue weighted by Crippen LogP contribution is -2.44. The molecule has 0 saturated carbocycles. The van der Waals surface area contributed by atoms with Gasteiger partial charge in [-0.2, -0.15) is 4.73 Å². The zero-order valence-corrected chi connectivity index (χ0v) is 9.81. The highest BCUT2D eigenvalue weighted by Gasteiger charge is 2.10. The van der Waals surface area contributed by atoms with Gasteiger partial charge in [-0.25, -0.2) is 0 Å². The average molecular weight is 222 g/mol. The molecule has 1 saturated heterocycles. The molecule has 0 spiro atoms. The lowest BCUT2D eigenvalue weighted by molar-refractivity contribution is 0.154. The number of hydrogen-bond donors (Lipinski definition) is 1. The molecule has 0 bridgehead atoms. The Bertz CT molecular complexity index is 407. The smallest absolute Gasteiger partial charge is 0.165 e. The minimum absolute atomic E-state index is 0.832. The minimum Gasteiger partial charge on any atom is -0.416 e. The lowest BCUT2D eigenvalue weighted by atomic mass is 10.3. The van der Waals surface area contributed by atoms with Gasteiger partial charge in [-0.05, 0) is 6.07 Å². The molecule has 16 heavy (non-hydrogen) atoms. The maximum absolute atomic E-state index is 5.17. The van der Waals surface area contributed by atoms with Crippen LogP contribution in [0.3, 0.4) is 0 Å². The van der Waals surface area contributed by atoms with Crippen molar-refractivity contribution in [2.24, 2.45) is 4.99 Å². The van der Waals surface area contributed by atoms with Crippen LogP contribution in [0.5, 0.6) is 0 Å². The number of aromatic nitrogens is 1. The van der Waals surface area contributed by atoms with Crippen molar-refractivity contribution in [3.05, 3.63) is 23.8 Å². The molecule has 0 radical (unpaired) electrons. The number of rotatable bonds is 2. The Morgan fingerprint density at radius 3 is 2.75 bits per heavy atom. The topological polar surface area (TPSA) is 41.8 Å². The van der Waals surface area contributed by atoms with Gasteiger partial charge in [-0.3, -0.25) is 4.99 Å². The van der Waals surface area contributed by atoms with Gasteiger partial charge in [-0.1, -0.05) is 0 Å². The maximum atomic E-state index is 5.17. The van der Waals surface area contributed by atoms with Crippen LogP contribution in [-0.2, 0) is 0 Å². The summed E-state index contributed by atoms with van der Waals surface area (Å²) < 4.78 is 1.66. The van der Waals surface area contributed by atoms with E-state index in [1.807, 2.05) is 6.20 Å².